The van der Waals surface area contributed by atoms with E-state index in [4.69, 9.17) is 10.2 Å². The van der Waals surface area contributed by atoms with E-state index < -0.39 is 10.3 Å². The minimum atomic E-state index is -0.500. The van der Waals surface area contributed by atoms with Crippen LogP contribution in [-0.2, 0) is 0 Å². The molecular weight excluding hydrogens is 184 g/mol. The molecule has 4 nitrogen and oxygen atoms in total. The van der Waals surface area contributed by atoms with Gasteiger partial charge < -0.3 is 21.7 Å². The predicted molar refractivity (Wildman–Crippen MR) is 46.1 cm³/mol. The molecule has 0 rings (SSSR count). The van der Waals surface area contributed by atoms with Gasteiger partial charge in [0.05, 0.1) is 0 Å². The van der Waals surface area contributed by atoms with Crippen LogP contribution >= 0.6 is 36.8 Å². The third-order valence-electron chi connectivity index (χ3n) is 0. The summed E-state index contributed by atoms with van der Waals surface area (Å²) < 4.78 is 0. The lowest BCUT2D eigenvalue weighted by atomic mass is 11.4. The van der Waals surface area contributed by atoms with Crippen LogP contribution in [0.25, 0.3) is 0 Å². The first-order valence-corrected chi connectivity index (χ1v) is 2.25. The second-order valence-corrected chi connectivity index (χ2v) is 1.51. The van der Waals surface area contributed by atoms with Gasteiger partial charge in [-0.05, 0) is 24.4 Å². The van der Waals surface area contributed by atoms with Crippen LogP contribution in [0.2, 0.25) is 0 Å². The van der Waals surface area contributed by atoms with E-state index in [0.29, 0.717) is 0 Å². The Hall–Kier alpha value is -0.330. The van der Waals surface area contributed by atoms with Crippen molar-refractivity contribution in [2.75, 3.05) is 0 Å². The van der Waals surface area contributed by atoms with Crippen LogP contribution in [0.3, 0.4) is 0 Å². The van der Waals surface area contributed by atoms with Gasteiger partial charge in [-0.25, -0.2) is 0 Å². The highest BCUT2D eigenvalue weighted by atomic mass is 35.5. The standard InChI is InChI=1S/2CH3NOS.ClH/c2*2-1(3)4;/h2*(H3,2,3,4);1H. The molecule has 0 aromatic heterocycles. The largest absolute Gasteiger partial charge is 0.487 e. The van der Waals surface area contributed by atoms with Gasteiger partial charge in [0, 0.05) is 0 Å². The summed E-state index contributed by atoms with van der Waals surface area (Å²) in [7, 11) is 0. The van der Waals surface area contributed by atoms with Crippen molar-refractivity contribution in [1.29, 1.82) is 0 Å². The average Bonchev–Trinajstić information content (AvgIpc) is 1.25. The summed E-state index contributed by atoms with van der Waals surface area (Å²) in [5.74, 6) is 0. The zero-order chi connectivity index (χ0) is 7.15. The third-order valence-corrected chi connectivity index (χ3v) is 0. The topological polar surface area (TPSA) is 92.5 Å². The highest BCUT2D eigenvalue weighted by Crippen LogP contribution is 1.40. The molecule has 0 saturated heterocycles. The molecular formula is C2H7ClN2O2S2. The first kappa shape index (κ1) is 15.9. The summed E-state index contributed by atoms with van der Waals surface area (Å²) in [6.07, 6.45) is 0. The third kappa shape index (κ3) is 2260. The summed E-state index contributed by atoms with van der Waals surface area (Å²) in [6.45, 7) is 0. The lowest BCUT2D eigenvalue weighted by molar-refractivity contribution is 0.559. The molecule has 0 spiro atoms. The van der Waals surface area contributed by atoms with Crippen molar-refractivity contribution in [1.82, 2.24) is 0 Å². The molecule has 7 heteroatoms. The van der Waals surface area contributed by atoms with Crippen LogP contribution in [0.5, 0.6) is 0 Å². The monoisotopic (exact) mass is 190 g/mol. The van der Waals surface area contributed by atoms with Gasteiger partial charge >= 0.3 is 0 Å². The average molecular weight is 191 g/mol. The Morgan fingerprint density at radius 3 is 1.00 bits per heavy atom. The fraction of sp³-hybridized carbons (Fsp3) is 0. The van der Waals surface area contributed by atoms with E-state index in [9.17, 15) is 0 Å². The van der Waals surface area contributed by atoms with Crippen molar-refractivity contribution in [3.05, 3.63) is 0 Å². The molecule has 0 aromatic carbocycles. The Kier molecular flexibility index (Phi) is 18.7. The van der Waals surface area contributed by atoms with Crippen molar-refractivity contribution in [3.63, 3.8) is 0 Å². The molecule has 0 bridgehead atoms. The van der Waals surface area contributed by atoms with Crippen LogP contribution in [0.1, 0.15) is 0 Å². The second-order valence-electron chi connectivity index (χ2n) is 0.676. The summed E-state index contributed by atoms with van der Waals surface area (Å²) in [6, 6.07) is 0. The maximum atomic E-state index is 7.56. The number of hydrogen-bond donors (Lipinski definition) is 4. The van der Waals surface area contributed by atoms with Gasteiger partial charge in [-0.1, -0.05) is 0 Å². The number of thiocarbonyl (C=S) groups is 2. The molecule has 0 aliphatic heterocycles. The molecule has 56 valence electrons. The number of aliphatic hydroxyl groups excluding tert-OH is 2. The van der Waals surface area contributed by atoms with Gasteiger partial charge in [0.2, 0.25) is 0 Å². The van der Waals surface area contributed by atoms with E-state index in [1.54, 1.807) is 0 Å². The molecule has 0 heterocycles. The Balaban J connectivity index is -0.0000000720. The smallest absolute Gasteiger partial charge is 0.251 e. The lowest BCUT2D eigenvalue weighted by Gasteiger charge is -1.67. The van der Waals surface area contributed by atoms with Crippen molar-refractivity contribution in [2.45, 2.75) is 0 Å². The van der Waals surface area contributed by atoms with E-state index in [1.165, 1.54) is 0 Å². The molecule has 0 amide bonds. The number of rotatable bonds is 0. The molecule has 0 fully saturated rings. The van der Waals surface area contributed by atoms with Crippen LogP contribution < -0.4 is 11.5 Å². The van der Waals surface area contributed by atoms with Crippen LogP contribution in [0.4, 0.5) is 0 Å². The minimum Gasteiger partial charge on any atom is -0.487 e. The maximum absolute atomic E-state index is 7.56. The SMILES string of the molecule is Cl.NC(O)=S.NC(O)=S. The summed E-state index contributed by atoms with van der Waals surface area (Å²) >= 11 is 7.74. The minimum absolute atomic E-state index is 0. The van der Waals surface area contributed by atoms with Gasteiger partial charge in [-0.15, -0.1) is 12.4 Å². The number of halogens is 1. The van der Waals surface area contributed by atoms with Crippen molar-refractivity contribution >= 4 is 47.2 Å². The van der Waals surface area contributed by atoms with Crippen molar-refractivity contribution in [3.8, 4) is 0 Å². The van der Waals surface area contributed by atoms with E-state index in [0.717, 1.165) is 0 Å². The summed E-state index contributed by atoms with van der Waals surface area (Å²) in [5.41, 5.74) is 8.80. The van der Waals surface area contributed by atoms with Gasteiger partial charge in [0.15, 0.2) is 0 Å². The van der Waals surface area contributed by atoms with Crippen molar-refractivity contribution in [2.24, 2.45) is 11.5 Å². The van der Waals surface area contributed by atoms with Crippen LogP contribution in [0.15, 0.2) is 0 Å². The highest BCUT2D eigenvalue weighted by molar-refractivity contribution is 7.80. The Morgan fingerprint density at radius 2 is 1.00 bits per heavy atom. The molecule has 6 N–H and O–H groups in total. The van der Waals surface area contributed by atoms with Gasteiger partial charge in [0.1, 0.15) is 0 Å². The van der Waals surface area contributed by atoms with Gasteiger partial charge in [0.25, 0.3) is 10.3 Å². The van der Waals surface area contributed by atoms with E-state index in [-0.39, 0.29) is 12.4 Å². The highest BCUT2D eigenvalue weighted by Gasteiger charge is 1.57. The zero-order valence-electron chi connectivity index (χ0n) is 4.27. The Labute approximate surface area is 69.2 Å². The fourth-order valence-electron chi connectivity index (χ4n) is 0. The normalized spacial score (nSPS) is 5.33. The first-order valence-electron chi connectivity index (χ1n) is 1.43. The fourth-order valence-corrected chi connectivity index (χ4v) is 0. The zero-order valence-corrected chi connectivity index (χ0v) is 6.72. The van der Waals surface area contributed by atoms with Crippen LogP contribution in [-0.4, -0.2) is 20.6 Å². The van der Waals surface area contributed by atoms with Gasteiger partial charge in [-0.3, -0.25) is 0 Å². The molecule has 0 aliphatic rings. The second kappa shape index (κ2) is 10.6. The van der Waals surface area contributed by atoms with E-state index in [2.05, 4.69) is 35.9 Å². The maximum Gasteiger partial charge on any atom is 0.251 e. The predicted octanol–water partition coefficient (Wildman–Crippen LogP) is -0.00220. The molecule has 0 aromatic rings. The van der Waals surface area contributed by atoms with E-state index >= 15 is 0 Å². The molecule has 0 saturated carbocycles. The van der Waals surface area contributed by atoms with Crippen LogP contribution in [0, 0.1) is 0 Å². The quantitative estimate of drug-likeness (QED) is 0.402. The number of nitrogens with two attached hydrogens (primary N) is 2. The van der Waals surface area contributed by atoms with E-state index in [1.807, 2.05) is 0 Å². The number of hydrogen-bond acceptors (Lipinski definition) is 2. The molecule has 0 aliphatic carbocycles. The summed E-state index contributed by atoms with van der Waals surface area (Å²) in [5, 5.41) is 14.1. The molecule has 9 heavy (non-hydrogen) atoms. The summed E-state index contributed by atoms with van der Waals surface area (Å²) in [4.78, 5) is 0. The first-order chi connectivity index (χ1) is 3.46. The lowest BCUT2D eigenvalue weighted by Crippen LogP contribution is -2.03. The Bertz CT molecular complexity index is 78.6. The Morgan fingerprint density at radius 1 is 1.00 bits per heavy atom. The number of aliphatic hydroxyl groups is 2. The van der Waals surface area contributed by atoms with Crippen molar-refractivity contribution < 1.29 is 10.2 Å². The molecule has 0 atom stereocenters. The van der Waals surface area contributed by atoms with Gasteiger partial charge in [-0.2, -0.15) is 0 Å². The molecule has 0 unspecified atom stereocenters. The molecule has 0 radical (unpaired) electrons.